The lowest BCUT2D eigenvalue weighted by molar-refractivity contribution is -0.116. The van der Waals surface area contributed by atoms with Gasteiger partial charge in [-0.25, -0.2) is 8.42 Å². The van der Waals surface area contributed by atoms with Crippen molar-refractivity contribution in [2.45, 2.75) is 18.2 Å². The molecule has 34 heavy (non-hydrogen) atoms. The minimum Gasteiger partial charge on any atom is -0.494 e. The summed E-state index contributed by atoms with van der Waals surface area (Å²) in [6.07, 6.45) is 0.526. The molecule has 0 radical (unpaired) electrons. The van der Waals surface area contributed by atoms with Gasteiger partial charge in [0, 0.05) is 22.5 Å². The van der Waals surface area contributed by atoms with Gasteiger partial charge in [0.1, 0.15) is 5.75 Å². The van der Waals surface area contributed by atoms with E-state index < -0.39 is 15.9 Å². The summed E-state index contributed by atoms with van der Waals surface area (Å²) in [5, 5.41) is 6.22. The van der Waals surface area contributed by atoms with E-state index in [1.54, 1.807) is 53.8 Å². The maximum absolute atomic E-state index is 13.7. The predicted molar refractivity (Wildman–Crippen MR) is 137 cm³/mol. The molecule has 176 valence electrons. The molecule has 0 aliphatic heterocycles. The number of thiophene rings is 1. The first-order chi connectivity index (χ1) is 16.5. The summed E-state index contributed by atoms with van der Waals surface area (Å²) in [4.78, 5) is 14.2. The van der Waals surface area contributed by atoms with Crippen molar-refractivity contribution in [3.8, 4) is 5.75 Å². The van der Waals surface area contributed by atoms with Gasteiger partial charge in [-0.05, 0) is 60.5 Å². The zero-order valence-corrected chi connectivity index (χ0v) is 20.4. The molecule has 0 aliphatic carbocycles. The molecule has 0 spiro atoms. The number of carbonyl (C=O) groups excluding carboxylic acids is 1. The number of anilines is 1. The highest BCUT2D eigenvalue weighted by Gasteiger charge is 2.28. The highest BCUT2D eigenvalue weighted by Crippen LogP contribution is 2.26. The maximum atomic E-state index is 13.7. The fourth-order valence-corrected chi connectivity index (χ4v) is 6.01. The van der Waals surface area contributed by atoms with Crippen LogP contribution in [0.5, 0.6) is 5.75 Å². The number of fused-ring (bicyclic) bond motifs is 1. The van der Waals surface area contributed by atoms with Gasteiger partial charge in [0.25, 0.3) is 0 Å². The Morgan fingerprint density at radius 1 is 0.971 bits per heavy atom. The van der Waals surface area contributed by atoms with Crippen LogP contribution in [0.4, 0.5) is 5.69 Å². The van der Waals surface area contributed by atoms with E-state index in [0.717, 1.165) is 10.3 Å². The van der Waals surface area contributed by atoms with Crippen LogP contribution >= 0.6 is 11.3 Å². The van der Waals surface area contributed by atoms with Crippen LogP contribution in [0.2, 0.25) is 0 Å². The highest BCUT2D eigenvalue weighted by molar-refractivity contribution is 7.89. The number of hydrogen-bond acceptors (Lipinski definition) is 5. The van der Waals surface area contributed by atoms with Crippen LogP contribution in [-0.2, 0) is 21.2 Å². The Kier molecular flexibility index (Phi) is 7.62. The van der Waals surface area contributed by atoms with E-state index in [-0.39, 0.29) is 18.0 Å². The molecule has 0 saturated carbocycles. The summed E-state index contributed by atoms with van der Waals surface area (Å²) >= 11 is 1.57. The van der Waals surface area contributed by atoms with Crippen molar-refractivity contribution in [1.82, 2.24) is 4.31 Å². The van der Waals surface area contributed by atoms with Crippen molar-refractivity contribution >= 4 is 43.7 Å². The number of carbonyl (C=O) groups is 1. The van der Waals surface area contributed by atoms with Gasteiger partial charge in [-0.15, -0.1) is 11.3 Å². The van der Waals surface area contributed by atoms with E-state index in [1.807, 2.05) is 48.7 Å². The Morgan fingerprint density at radius 3 is 2.47 bits per heavy atom. The monoisotopic (exact) mass is 494 g/mol. The van der Waals surface area contributed by atoms with Crippen molar-refractivity contribution < 1.29 is 17.9 Å². The van der Waals surface area contributed by atoms with Gasteiger partial charge in [-0.1, -0.05) is 42.5 Å². The van der Waals surface area contributed by atoms with E-state index in [1.165, 1.54) is 4.31 Å². The highest BCUT2D eigenvalue weighted by atomic mass is 32.2. The first kappa shape index (κ1) is 23.9. The van der Waals surface area contributed by atoms with E-state index in [4.69, 9.17) is 4.74 Å². The van der Waals surface area contributed by atoms with E-state index in [2.05, 4.69) is 5.32 Å². The van der Waals surface area contributed by atoms with E-state index >= 15 is 0 Å². The van der Waals surface area contributed by atoms with Crippen LogP contribution in [0.1, 0.15) is 11.8 Å². The van der Waals surface area contributed by atoms with Crippen LogP contribution in [0.25, 0.3) is 10.8 Å². The molecule has 0 bridgehead atoms. The van der Waals surface area contributed by atoms with E-state index in [0.29, 0.717) is 29.9 Å². The van der Waals surface area contributed by atoms with Crippen molar-refractivity contribution in [1.29, 1.82) is 0 Å². The Labute approximate surface area is 203 Å². The Balaban J connectivity index is 1.58. The van der Waals surface area contributed by atoms with Gasteiger partial charge in [-0.3, -0.25) is 4.79 Å². The fourth-order valence-electron chi connectivity index (χ4n) is 3.70. The molecule has 0 fully saturated rings. The molecule has 1 N–H and O–H groups in total. The minimum atomic E-state index is -3.93. The van der Waals surface area contributed by atoms with Gasteiger partial charge in [0.15, 0.2) is 0 Å². The third kappa shape index (κ3) is 5.64. The first-order valence-corrected chi connectivity index (χ1v) is 13.3. The lowest BCUT2D eigenvalue weighted by Crippen LogP contribution is -2.39. The van der Waals surface area contributed by atoms with Gasteiger partial charge in [0.2, 0.25) is 15.9 Å². The molecule has 1 heterocycles. The smallest absolute Gasteiger partial charge is 0.244 e. The topological polar surface area (TPSA) is 75.7 Å². The van der Waals surface area contributed by atoms with Gasteiger partial charge in [0.05, 0.1) is 18.0 Å². The molecule has 6 nitrogen and oxygen atoms in total. The summed E-state index contributed by atoms with van der Waals surface area (Å²) in [5.41, 5.74) is 0.578. The average Bonchev–Trinajstić information content (AvgIpc) is 3.36. The summed E-state index contributed by atoms with van der Waals surface area (Å²) in [6, 6.07) is 23.5. The SMILES string of the molecule is CCOc1ccc(NC(=O)CN(CCc2cccs2)S(=O)(=O)c2cccc3ccccc23)cc1. The first-order valence-electron chi connectivity index (χ1n) is 11.0. The second-order valence-electron chi connectivity index (χ2n) is 7.65. The summed E-state index contributed by atoms with van der Waals surface area (Å²) in [6.45, 7) is 2.36. The maximum Gasteiger partial charge on any atom is 0.244 e. The van der Waals surface area contributed by atoms with Crippen LogP contribution in [0, 0.1) is 0 Å². The number of rotatable bonds is 10. The molecule has 1 aromatic heterocycles. The summed E-state index contributed by atoms with van der Waals surface area (Å²) < 4.78 is 34.2. The number of nitrogens with zero attached hydrogens (tertiary/aromatic N) is 1. The zero-order valence-electron chi connectivity index (χ0n) is 18.8. The zero-order chi connectivity index (χ0) is 24.0. The molecule has 0 unspecified atom stereocenters. The normalized spacial score (nSPS) is 11.6. The molecular formula is C26H26N2O4S2. The second-order valence-corrected chi connectivity index (χ2v) is 10.6. The van der Waals surface area contributed by atoms with Crippen LogP contribution in [0.15, 0.2) is 89.1 Å². The number of ether oxygens (including phenoxy) is 1. The molecular weight excluding hydrogens is 468 g/mol. The number of amides is 1. The molecule has 3 aromatic carbocycles. The van der Waals surface area contributed by atoms with Gasteiger partial charge >= 0.3 is 0 Å². The van der Waals surface area contributed by atoms with Gasteiger partial charge in [-0.2, -0.15) is 4.31 Å². The molecule has 4 aromatic rings. The predicted octanol–water partition coefficient (Wildman–Crippen LogP) is 5.17. The minimum absolute atomic E-state index is 0.197. The average molecular weight is 495 g/mol. The Bertz CT molecular complexity index is 1350. The molecule has 8 heteroatoms. The lowest BCUT2D eigenvalue weighted by atomic mass is 10.1. The molecule has 4 rings (SSSR count). The third-order valence-corrected chi connectivity index (χ3v) is 8.16. The summed E-state index contributed by atoms with van der Waals surface area (Å²) in [7, 11) is -3.93. The second kappa shape index (κ2) is 10.8. The number of nitrogens with one attached hydrogen (secondary N) is 1. The standard InChI is InChI=1S/C26H26N2O4S2/c1-2-32-22-14-12-21(13-15-22)27-26(29)19-28(17-16-23-9-6-18-33-23)34(30,31)25-11-5-8-20-7-3-4-10-24(20)25/h3-15,18H,2,16-17,19H2,1H3,(H,27,29). The molecule has 0 atom stereocenters. The Morgan fingerprint density at radius 2 is 1.74 bits per heavy atom. The molecule has 1 amide bonds. The van der Waals surface area contributed by atoms with Crippen molar-refractivity contribution in [2.24, 2.45) is 0 Å². The quantitative estimate of drug-likeness (QED) is 0.330. The van der Waals surface area contributed by atoms with Crippen molar-refractivity contribution in [3.63, 3.8) is 0 Å². The van der Waals surface area contributed by atoms with E-state index in [9.17, 15) is 13.2 Å². The fraction of sp³-hybridized carbons (Fsp3) is 0.192. The summed E-state index contributed by atoms with van der Waals surface area (Å²) in [5.74, 6) is 0.302. The lowest BCUT2D eigenvalue weighted by Gasteiger charge is -2.22. The van der Waals surface area contributed by atoms with Crippen LogP contribution < -0.4 is 10.1 Å². The number of hydrogen-bond donors (Lipinski definition) is 1. The third-order valence-electron chi connectivity index (χ3n) is 5.32. The van der Waals surface area contributed by atoms with Gasteiger partial charge < -0.3 is 10.1 Å². The van der Waals surface area contributed by atoms with Crippen LogP contribution in [-0.4, -0.2) is 38.3 Å². The molecule has 0 aliphatic rings. The Hall–Kier alpha value is -3.20. The van der Waals surface area contributed by atoms with Crippen LogP contribution in [0.3, 0.4) is 0 Å². The largest absolute Gasteiger partial charge is 0.494 e. The van der Waals surface area contributed by atoms with Crippen molar-refractivity contribution in [3.05, 3.63) is 89.1 Å². The van der Waals surface area contributed by atoms with Crippen molar-refractivity contribution in [2.75, 3.05) is 25.0 Å². The number of sulfonamides is 1. The molecule has 0 saturated heterocycles. The number of benzene rings is 3.